The van der Waals surface area contributed by atoms with Gasteiger partial charge in [0.25, 0.3) is 5.91 Å². The van der Waals surface area contributed by atoms with Crippen LogP contribution in [-0.4, -0.2) is 37.7 Å². The maximum absolute atomic E-state index is 12.2. The zero-order chi connectivity index (χ0) is 20.0. The monoisotopic (exact) mass is 362 g/mol. The van der Waals surface area contributed by atoms with Crippen LogP contribution >= 0.6 is 0 Å². The lowest BCUT2D eigenvalue weighted by atomic mass is 9.91. The minimum Gasteiger partial charge on any atom is -0.388 e. The Hall–Kier alpha value is -3.06. The summed E-state index contributed by atoms with van der Waals surface area (Å²) in [7, 11) is 5.31. The number of rotatable bonds is 5. The molecule has 0 aliphatic carbocycles. The summed E-state index contributed by atoms with van der Waals surface area (Å²) in [5, 5.41) is 3.15. The average Bonchev–Trinajstić information content (AvgIpc) is 2.67. The zero-order valence-corrected chi connectivity index (χ0v) is 16.6. The smallest absolute Gasteiger partial charge is 0.253 e. The topological polar surface area (TPSA) is 49.4 Å². The minimum atomic E-state index is -0.457. The van der Waals surface area contributed by atoms with E-state index in [1.807, 2.05) is 56.4 Å². The van der Waals surface area contributed by atoms with Gasteiger partial charge >= 0.3 is 0 Å². The molecule has 27 heavy (non-hydrogen) atoms. The molecule has 2 aromatic rings. The highest BCUT2D eigenvalue weighted by Gasteiger charge is 2.18. The fraction of sp³-hybridized carbons (Fsp3) is 0.304. The maximum atomic E-state index is 12.2. The number of nitrogens with zero attached hydrogens (tertiary/aromatic N) is 1. The van der Waals surface area contributed by atoms with Crippen LogP contribution in [-0.2, 0) is 4.79 Å². The van der Waals surface area contributed by atoms with Crippen LogP contribution in [0, 0.1) is 11.8 Å². The third-order valence-electron chi connectivity index (χ3n) is 4.33. The first-order valence-electron chi connectivity index (χ1n) is 9.01. The van der Waals surface area contributed by atoms with Crippen molar-refractivity contribution in [3.8, 4) is 23.0 Å². The Bertz CT molecular complexity index is 887. The molecular formula is C23H26N2O2. The second-order valence-corrected chi connectivity index (χ2v) is 6.55. The van der Waals surface area contributed by atoms with E-state index in [1.54, 1.807) is 25.9 Å². The molecule has 1 N–H and O–H groups in total. The van der Waals surface area contributed by atoms with Gasteiger partial charge in [-0.1, -0.05) is 31.0 Å². The van der Waals surface area contributed by atoms with E-state index in [1.165, 1.54) is 0 Å². The number of carbonyl (C=O) groups is 2. The first kappa shape index (κ1) is 20.3. The van der Waals surface area contributed by atoms with Gasteiger partial charge in [0, 0.05) is 38.8 Å². The van der Waals surface area contributed by atoms with Crippen molar-refractivity contribution in [3.63, 3.8) is 0 Å². The van der Waals surface area contributed by atoms with Crippen LogP contribution in [0.15, 0.2) is 42.5 Å². The predicted molar refractivity (Wildman–Crippen MR) is 111 cm³/mol. The Labute approximate surface area is 161 Å². The summed E-state index contributed by atoms with van der Waals surface area (Å²) < 4.78 is 0. The molecule has 1 atom stereocenters. The number of hydrogen-bond acceptors (Lipinski definition) is 3. The van der Waals surface area contributed by atoms with Crippen molar-refractivity contribution in [1.29, 1.82) is 0 Å². The third kappa shape index (κ3) is 4.77. The second kappa shape index (κ2) is 9.05. The lowest BCUT2D eigenvalue weighted by Crippen LogP contribution is -2.21. The highest BCUT2D eigenvalue weighted by molar-refractivity contribution is 5.94. The van der Waals surface area contributed by atoms with Crippen LogP contribution in [0.3, 0.4) is 0 Å². The molecule has 140 valence electrons. The Morgan fingerprint density at radius 2 is 1.70 bits per heavy atom. The molecule has 2 rings (SSSR count). The SMILES string of the molecule is CCC#CC(C(C)=O)c1cc(-c2ccc(C(=O)N(C)C)cc2)ccc1NC. The Morgan fingerprint density at radius 1 is 1.07 bits per heavy atom. The standard InChI is InChI=1S/C23H26N2O2/c1-6-7-8-20(16(2)26)21-15-19(13-14-22(21)24-3)17-9-11-18(12-10-17)23(27)25(4)5/h9-15,20,24H,6H2,1-5H3. The molecule has 0 fully saturated rings. The fourth-order valence-electron chi connectivity index (χ4n) is 2.87. The molecule has 0 aliphatic heterocycles. The van der Waals surface area contributed by atoms with Crippen molar-refractivity contribution in [2.75, 3.05) is 26.5 Å². The molecule has 0 saturated heterocycles. The minimum absolute atomic E-state index is 0.0246. The first-order chi connectivity index (χ1) is 12.9. The van der Waals surface area contributed by atoms with Gasteiger partial charge in [0.05, 0.1) is 0 Å². The van der Waals surface area contributed by atoms with Crippen LogP contribution in [0.25, 0.3) is 11.1 Å². The molecule has 0 saturated carbocycles. The molecule has 4 heteroatoms. The number of amides is 1. The Morgan fingerprint density at radius 3 is 2.22 bits per heavy atom. The van der Waals surface area contributed by atoms with Crippen LogP contribution in [0.1, 0.15) is 42.1 Å². The van der Waals surface area contributed by atoms with E-state index < -0.39 is 5.92 Å². The van der Waals surface area contributed by atoms with Crippen LogP contribution < -0.4 is 5.32 Å². The lowest BCUT2D eigenvalue weighted by molar-refractivity contribution is -0.117. The third-order valence-corrected chi connectivity index (χ3v) is 4.33. The largest absolute Gasteiger partial charge is 0.388 e. The summed E-state index contributed by atoms with van der Waals surface area (Å²) in [4.78, 5) is 25.8. The number of benzene rings is 2. The number of hydrogen-bond donors (Lipinski definition) is 1. The van der Waals surface area contributed by atoms with Gasteiger partial charge in [0.15, 0.2) is 0 Å². The number of Topliss-reactive ketones (excluding diaryl/α,β-unsaturated/α-hetero) is 1. The normalized spacial score (nSPS) is 11.1. The van der Waals surface area contributed by atoms with E-state index in [2.05, 4.69) is 17.2 Å². The Kier molecular flexibility index (Phi) is 6.79. The van der Waals surface area contributed by atoms with Crippen molar-refractivity contribution in [2.24, 2.45) is 0 Å². The van der Waals surface area contributed by atoms with Gasteiger partial charge < -0.3 is 10.2 Å². The summed E-state index contributed by atoms with van der Waals surface area (Å²) in [5.41, 5.74) is 4.38. The summed E-state index contributed by atoms with van der Waals surface area (Å²) in [6.45, 7) is 3.54. The van der Waals surface area contributed by atoms with Gasteiger partial charge in [-0.25, -0.2) is 0 Å². The van der Waals surface area contributed by atoms with Crippen molar-refractivity contribution in [3.05, 3.63) is 53.6 Å². The molecule has 1 unspecified atom stereocenters. The molecule has 0 radical (unpaired) electrons. The molecule has 4 nitrogen and oxygen atoms in total. The molecule has 1 amide bonds. The molecule has 0 aliphatic rings. The second-order valence-electron chi connectivity index (χ2n) is 6.55. The first-order valence-corrected chi connectivity index (χ1v) is 9.01. The van der Waals surface area contributed by atoms with Gasteiger partial charge in [-0.05, 0) is 47.9 Å². The van der Waals surface area contributed by atoms with Crippen molar-refractivity contribution in [1.82, 2.24) is 4.90 Å². The van der Waals surface area contributed by atoms with E-state index in [9.17, 15) is 9.59 Å². The number of ketones is 1. The van der Waals surface area contributed by atoms with Crippen molar-refractivity contribution in [2.45, 2.75) is 26.2 Å². The molecule has 0 spiro atoms. The lowest BCUT2D eigenvalue weighted by Gasteiger charge is -2.16. The molecular weight excluding hydrogens is 336 g/mol. The van der Waals surface area contributed by atoms with Crippen LogP contribution in [0.4, 0.5) is 5.69 Å². The van der Waals surface area contributed by atoms with Crippen molar-refractivity contribution < 1.29 is 9.59 Å². The Balaban J connectivity index is 2.47. The van der Waals surface area contributed by atoms with Crippen LogP contribution in [0.2, 0.25) is 0 Å². The fourth-order valence-corrected chi connectivity index (χ4v) is 2.87. The average molecular weight is 362 g/mol. The van der Waals surface area contributed by atoms with E-state index >= 15 is 0 Å². The van der Waals surface area contributed by atoms with Gasteiger partial charge in [0.1, 0.15) is 11.7 Å². The number of carbonyl (C=O) groups excluding carboxylic acids is 2. The summed E-state index contributed by atoms with van der Waals surface area (Å²) in [5.74, 6) is 5.65. The molecule has 2 aromatic carbocycles. The van der Waals surface area contributed by atoms with Gasteiger partial charge in [-0.3, -0.25) is 9.59 Å². The summed E-state index contributed by atoms with van der Waals surface area (Å²) >= 11 is 0. The summed E-state index contributed by atoms with van der Waals surface area (Å²) in [6, 6.07) is 13.5. The van der Waals surface area contributed by atoms with E-state index in [-0.39, 0.29) is 11.7 Å². The van der Waals surface area contributed by atoms with E-state index in [0.717, 1.165) is 22.4 Å². The zero-order valence-electron chi connectivity index (χ0n) is 16.6. The van der Waals surface area contributed by atoms with Gasteiger partial charge in [-0.15, -0.1) is 5.92 Å². The predicted octanol–water partition coefficient (Wildman–Crippen LogP) is 4.18. The molecule has 0 heterocycles. The van der Waals surface area contributed by atoms with E-state index in [4.69, 9.17) is 0 Å². The van der Waals surface area contributed by atoms with Gasteiger partial charge in [-0.2, -0.15) is 0 Å². The number of nitrogens with one attached hydrogen (secondary N) is 1. The highest BCUT2D eigenvalue weighted by atomic mass is 16.2. The maximum Gasteiger partial charge on any atom is 0.253 e. The number of anilines is 1. The summed E-state index contributed by atoms with van der Waals surface area (Å²) in [6.07, 6.45) is 0.708. The molecule has 0 bridgehead atoms. The molecule has 0 aromatic heterocycles. The quantitative estimate of drug-likeness (QED) is 0.812. The van der Waals surface area contributed by atoms with E-state index in [0.29, 0.717) is 12.0 Å². The van der Waals surface area contributed by atoms with Crippen molar-refractivity contribution >= 4 is 17.4 Å². The highest BCUT2D eigenvalue weighted by Crippen LogP contribution is 2.31. The van der Waals surface area contributed by atoms with Gasteiger partial charge in [0.2, 0.25) is 0 Å². The van der Waals surface area contributed by atoms with Crippen LogP contribution in [0.5, 0.6) is 0 Å².